The standard InChI is InChI=1S/C13H16ClN3O/c14-12-6-2-1-5-11(12)9-15-16-13(18)10-17-7-3-4-8-17/h1-2,5-6,9H,3-4,7-8,10H2,(H,16,18)/b15-9-. The summed E-state index contributed by atoms with van der Waals surface area (Å²) in [7, 11) is 0. The summed E-state index contributed by atoms with van der Waals surface area (Å²) < 4.78 is 0. The minimum absolute atomic E-state index is 0.0831. The molecule has 1 aromatic rings. The van der Waals surface area contributed by atoms with Crippen molar-refractivity contribution in [3.8, 4) is 0 Å². The Kier molecular flexibility index (Phi) is 4.73. The maximum atomic E-state index is 11.6. The Bertz CT molecular complexity index is 442. The van der Waals surface area contributed by atoms with Gasteiger partial charge in [0.1, 0.15) is 0 Å². The molecule has 4 nitrogen and oxygen atoms in total. The van der Waals surface area contributed by atoms with Crippen LogP contribution in [0, 0.1) is 0 Å². The van der Waals surface area contributed by atoms with Gasteiger partial charge in [-0.3, -0.25) is 9.69 Å². The van der Waals surface area contributed by atoms with Gasteiger partial charge in [0, 0.05) is 10.6 Å². The van der Waals surface area contributed by atoms with Gasteiger partial charge in [-0.05, 0) is 32.0 Å². The lowest BCUT2D eigenvalue weighted by atomic mass is 10.2. The van der Waals surface area contributed by atoms with Crippen LogP contribution < -0.4 is 5.43 Å². The van der Waals surface area contributed by atoms with Crippen molar-refractivity contribution in [2.45, 2.75) is 12.8 Å². The third-order valence-electron chi connectivity index (χ3n) is 2.86. The first kappa shape index (κ1) is 13.1. The second-order valence-corrected chi connectivity index (χ2v) is 4.71. The molecule has 0 saturated carbocycles. The van der Waals surface area contributed by atoms with Crippen LogP contribution in [0.1, 0.15) is 18.4 Å². The van der Waals surface area contributed by atoms with Gasteiger partial charge in [-0.15, -0.1) is 0 Å². The van der Waals surface area contributed by atoms with E-state index in [1.165, 1.54) is 12.8 Å². The Balaban J connectivity index is 1.80. The van der Waals surface area contributed by atoms with Crippen LogP contribution >= 0.6 is 11.6 Å². The van der Waals surface area contributed by atoms with Gasteiger partial charge < -0.3 is 0 Å². The van der Waals surface area contributed by atoms with Crippen LogP contribution in [-0.2, 0) is 4.79 Å². The Morgan fingerprint density at radius 2 is 2.11 bits per heavy atom. The first-order valence-corrected chi connectivity index (χ1v) is 6.42. The topological polar surface area (TPSA) is 44.7 Å². The number of hydrazone groups is 1. The summed E-state index contributed by atoms with van der Waals surface area (Å²) in [5, 5.41) is 4.53. The van der Waals surface area contributed by atoms with Crippen molar-refractivity contribution in [3.05, 3.63) is 34.9 Å². The zero-order chi connectivity index (χ0) is 12.8. The predicted octanol–water partition coefficient (Wildman–Crippen LogP) is 1.89. The van der Waals surface area contributed by atoms with Crippen molar-refractivity contribution >= 4 is 23.7 Å². The van der Waals surface area contributed by atoms with Crippen LogP contribution in [-0.4, -0.2) is 36.7 Å². The molecule has 1 amide bonds. The van der Waals surface area contributed by atoms with E-state index in [0.29, 0.717) is 11.6 Å². The maximum absolute atomic E-state index is 11.6. The van der Waals surface area contributed by atoms with Crippen molar-refractivity contribution in [3.63, 3.8) is 0 Å². The molecule has 0 unspecified atom stereocenters. The summed E-state index contributed by atoms with van der Waals surface area (Å²) in [6, 6.07) is 7.36. The average Bonchev–Trinajstić information content (AvgIpc) is 2.84. The van der Waals surface area contributed by atoms with Crippen LogP contribution in [0.25, 0.3) is 0 Å². The molecule has 1 saturated heterocycles. The number of hydrogen-bond acceptors (Lipinski definition) is 3. The lowest BCUT2D eigenvalue weighted by Gasteiger charge is -2.12. The summed E-state index contributed by atoms with van der Waals surface area (Å²) in [5.74, 6) is -0.0831. The highest BCUT2D eigenvalue weighted by atomic mass is 35.5. The van der Waals surface area contributed by atoms with Crippen molar-refractivity contribution in [1.82, 2.24) is 10.3 Å². The quantitative estimate of drug-likeness (QED) is 0.667. The first-order valence-electron chi connectivity index (χ1n) is 6.04. The molecule has 1 N–H and O–H groups in total. The van der Waals surface area contributed by atoms with Crippen molar-refractivity contribution in [2.24, 2.45) is 5.10 Å². The number of rotatable bonds is 4. The predicted molar refractivity (Wildman–Crippen MR) is 72.9 cm³/mol. The number of nitrogens with one attached hydrogen (secondary N) is 1. The first-order chi connectivity index (χ1) is 8.75. The molecule has 0 aromatic heterocycles. The maximum Gasteiger partial charge on any atom is 0.254 e. The van der Waals surface area contributed by atoms with Crippen molar-refractivity contribution in [1.29, 1.82) is 0 Å². The highest BCUT2D eigenvalue weighted by molar-refractivity contribution is 6.33. The molecule has 1 aliphatic rings. The lowest BCUT2D eigenvalue weighted by molar-refractivity contribution is -0.121. The molecule has 2 rings (SSSR count). The molecule has 0 atom stereocenters. The second kappa shape index (κ2) is 6.52. The molecule has 1 heterocycles. The molecule has 96 valence electrons. The summed E-state index contributed by atoms with van der Waals surface area (Å²) in [6.45, 7) is 2.42. The van der Waals surface area contributed by atoms with E-state index in [-0.39, 0.29) is 5.91 Å². The minimum atomic E-state index is -0.0831. The van der Waals surface area contributed by atoms with Crippen molar-refractivity contribution < 1.29 is 4.79 Å². The lowest BCUT2D eigenvalue weighted by Crippen LogP contribution is -2.33. The zero-order valence-corrected chi connectivity index (χ0v) is 10.9. The van der Waals surface area contributed by atoms with Crippen LogP contribution in [0.4, 0.5) is 0 Å². The van der Waals surface area contributed by atoms with Gasteiger partial charge >= 0.3 is 0 Å². The number of nitrogens with zero attached hydrogens (tertiary/aromatic N) is 2. The van der Waals surface area contributed by atoms with Gasteiger partial charge in [-0.25, -0.2) is 5.43 Å². The van der Waals surface area contributed by atoms with E-state index in [4.69, 9.17) is 11.6 Å². The second-order valence-electron chi connectivity index (χ2n) is 4.30. The summed E-state index contributed by atoms with van der Waals surface area (Å²) >= 11 is 5.96. The molecule has 0 spiro atoms. The average molecular weight is 266 g/mol. The molecule has 1 aliphatic heterocycles. The molecular weight excluding hydrogens is 250 g/mol. The largest absolute Gasteiger partial charge is 0.294 e. The number of halogens is 1. The van der Waals surface area contributed by atoms with Crippen LogP contribution in [0.2, 0.25) is 5.02 Å². The Labute approximate surface area is 112 Å². The van der Waals surface area contributed by atoms with Gasteiger partial charge in [-0.2, -0.15) is 5.10 Å². The Morgan fingerprint density at radius 3 is 2.83 bits per heavy atom. The number of benzene rings is 1. The van der Waals surface area contributed by atoms with E-state index in [1.807, 2.05) is 18.2 Å². The molecule has 0 bridgehead atoms. The van der Waals surface area contributed by atoms with Crippen LogP contribution in [0.3, 0.4) is 0 Å². The molecule has 18 heavy (non-hydrogen) atoms. The number of likely N-dealkylation sites (tertiary alicyclic amines) is 1. The Morgan fingerprint density at radius 1 is 1.39 bits per heavy atom. The van der Waals surface area contributed by atoms with E-state index < -0.39 is 0 Å². The fraction of sp³-hybridized carbons (Fsp3) is 0.385. The molecule has 0 radical (unpaired) electrons. The van der Waals surface area contributed by atoms with Gasteiger partial charge in [-0.1, -0.05) is 29.8 Å². The fourth-order valence-electron chi connectivity index (χ4n) is 1.93. The molecule has 0 aliphatic carbocycles. The van der Waals surface area contributed by atoms with Crippen molar-refractivity contribution in [2.75, 3.05) is 19.6 Å². The number of carbonyl (C=O) groups is 1. The molecule has 1 fully saturated rings. The smallest absolute Gasteiger partial charge is 0.254 e. The van der Waals surface area contributed by atoms with Gasteiger partial charge in [0.05, 0.1) is 12.8 Å². The SMILES string of the molecule is O=C(CN1CCCC1)N/N=C\c1ccccc1Cl. The van der Waals surface area contributed by atoms with Crippen LogP contribution in [0.5, 0.6) is 0 Å². The summed E-state index contributed by atoms with van der Waals surface area (Å²) in [4.78, 5) is 13.7. The highest BCUT2D eigenvalue weighted by Crippen LogP contribution is 2.12. The number of carbonyl (C=O) groups excluding carboxylic acids is 1. The Hall–Kier alpha value is -1.39. The monoisotopic (exact) mass is 265 g/mol. The normalized spacial score (nSPS) is 16.3. The minimum Gasteiger partial charge on any atom is -0.294 e. The summed E-state index contributed by atoms with van der Waals surface area (Å²) in [5.41, 5.74) is 3.31. The summed E-state index contributed by atoms with van der Waals surface area (Å²) in [6.07, 6.45) is 3.91. The third-order valence-corrected chi connectivity index (χ3v) is 3.21. The van der Waals surface area contributed by atoms with E-state index in [9.17, 15) is 4.79 Å². The van der Waals surface area contributed by atoms with E-state index in [0.717, 1.165) is 18.7 Å². The van der Waals surface area contributed by atoms with Gasteiger partial charge in [0.15, 0.2) is 0 Å². The molecule has 1 aromatic carbocycles. The van der Waals surface area contributed by atoms with Gasteiger partial charge in [0.2, 0.25) is 0 Å². The van der Waals surface area contributed by atoms with Crippen LogP contribution in [0.15, 0.2) is 29.4 Å². The van der Waals surface area contributed by atoms with E-state index >= 15 is 0 Å². The number of hydrogen-bond donors (Lipinski definition) is 1. The molecule has 5 heteroatoms. The fourth-order valence-corrected chi connectivity index (χ4v) is 2.12. The van der Waals surface area contributed by atoms with E-state index in [1.54, 1.807) is 12.3 Å². The molecular formula is C13H16ClN3O. The number of amides is 1. The zero-order valence-electron chi connectivity index (χ0n) is 10.1. The highest BCUT2D eigenvalue weighted by Gasteiger charge is 2.14. The third kappa shape index (κ3) is 3.82. The van der Waals surface area contributed by atoms with Gasteiger partial charge in [0.25, 0.3) is 5.91 Å². The van der Waals surface area contributed by atoms with E-state index in [2.05, 4.69) is 15.4 Å².